The van der Waals surface area contributed by atoms with Gasteiger partial charge in [0.15, 0.2) is 0 Å². The number of carbonyl (C=O) groups excluding carboxylic acids is 2. The predicted molar refractivity (Wildman–Crippen MR) is 68.5 cm³/mol. The van der Waals surface area contributed by atoms with Crippen LogP contribution in [-0.4, -0.2) is 73.0 Å². The van der Waals surface area contributed by atoms with Crippen LogP contribution in [0, 0.1) is 5.92 Å². The van der Waals surface area contributed by atoms with Gasteiger partial charge in [-0.05, 0) is 7.05 Å². The van der Waals surface area contributed by atoms with E-state index in [0.717, 1.165) is 0 Å². The predicted octanol–water partition coefficient (Wildman–Crippen LogP) is -1.01. The summed E-state index contributed by atoms with van der Waals surface area (Å²) in [5, 5.41) is 11.2. The summed E-state index contributed by atoms with van der Waals surface area (Å²) < 4.78 is 0. The van der Waals surface area contributed by atoms with Crippen LogP contribution in [0.4, 0.5) is 0 Å². The van der Waals surface area contributed by atoms with Crippen LogP contribution in [0.2, 0.25) is 0 Å². The molecule has 2 amide bonds. The SMILES string of the molecule is CNC(=O)[C@H]1CN(C)CCN(C(=O)CCC(=O)O)C1. The molecule has 1 saturated heterocycles. The van der Waals surface area contributed by atoms with Crippen LogP contribution in [0.3, 0.4) is 0 Å². The Morgan fingerprint density at radius 1 is 1.21 bits per heavy atom. The summed E-state index contributed by atoms with van der Waals surface area (Å²) in [5.41, 5.74) is 0. The number of likely N-dealkylation sites (N-methyl/N-ethyl adjacent to an activating group) is 1. The topological polar surface area (TPSA) is 90.0 Å². The van der Waals surface area contributed by atoms with E-state index in [0.29, 0.717) is 26.2 Å². The van der Waals surface area contributed by atoms with Gasteiger partial charge in [-0.1, -0.05) is 0 Å². The van der Waals surface area contributed by atoms with Crippen molar-refractivity contribution in [2.45, 2.75) is 12.8 Å². The molecule has 0 aromatic rings. The first-order valence-corrected chi connectivity index (χ1v) is 6.33. The van der Waals surface area contributed by atoms with Gasteiger partial charge in [0.1, 0.15) is 0 Å². The number of nitrogens with zero attached hydrogens (tertiary/aromatic N) is 2. The summed E-state index contributed by atoms with van der Waals surface area (Å²) in [6.45, 7) is 2.17. The first-order valence-electron chi connectivity index (χ1n) is 6.33. The highest BCUT2D eigenvalue weighted by Gasteiger charge is 2.28. The van der Waals surface area contributed by atoms with Gasteiger partial charge in [0.25, 0.3) is 0 Å². The molecule has 2 N–H and O–H groups in total. The van der Waals surface area contributed by atoms with Crippen LogP contribution in [0.15, 0.2) is 0 Å². The van der Waals surface area contributed by atoms with Crippen molar-refractivity contribution in [1.82, 2.24) is 15.1 Å². The van der Waals surface area contributed by atoms with E-state index in [1.807, 2.05) is 11.9 Å². The molecule has 0 bridgehead atoms. The standard InChI is InChI=1S/C12H21N3O4/c1-13-12(19)9-7-14(2)5-6-15(8-9)10(16)3-4-11(17)18/h9H,3-8H2,1-2H3,(H,13,19)(H,17,18)/t9-/m0/s1. The van der Waals surface area contributed by atoms with Gasteiger partial charge in [-0.2, -0.15) is 0 Å². The summed E-state index contributed by atoms with van der Waals surface area (Å²) in [5.74, 6) is -1.55. The molecule has 1 aliphatic heterocycles. The lowest BCUT2D eigenvalue weighted by Gasteiger charge is -2.23. The van der Waals surface area contributed by atoms with Gasteiger partial charge in [-0.3, -0.25) is 14.4 Å². The molecule has 7 nitrogen and oxygen atoms in total. The summed E-state index contributed by atoms with van der Waals surface area (Å²) >= 11 is 0. The van der Waals surface area contributed by atoms with E-state index in [-0.39, 0.29) is 30.6 Å². The Morgan fingerprint density at radius 2 is 1.89 bits per heavy atom. The molecule has 1 atom stereocenters. The number of amides is 2. The fourth-order valence-corrected chi connectivity index (χ4v) is 2.14. The number of hydrogen-bond donors (Lipinski definition) is 2. The molecular weight excluding hydrogens is 250 g/mol. The number of carbonyl (C=O) groups is 3. The zero-order valence-corrected chi connectivity index (χ0v) is 11.4. The Morgan fingerprint density at radius 3 is 2.47 bits per heavy atom. The van der Waals surface area contributed by atoms with Crippen molar-refractivity contribution < 1.29 is 19.5 Å². The molecule has 7 heteroatoms. The maximum Gasteiger partial charge on any atom is 0.303 e. The largest absolute Gasteiger partial charge is 0.481 e. The molecule has 19 heavy (non-hydrogen) atoms. The molecule has 1 aliphatic rings. The van der Waals surface area contributed by atoms with Gasteiger partial charge in [-0.25, -0.2) is 0 Å². The molecule has 0 aromatic carbocycles. The van der Waals surface area contributed by atoms with Gasteiger partial charge >= 0.3 is 5.97 Å². The molecule has 0 unspecified atom stereocenters. The van der Waals surface area contributed by atoms with Crippen molar-refractivity contribution in [1.29, 1.82) is 0 Å². The number of carboxylic acid groups (broad SMARTS) is 1. The first kappa shape index (κ1) is 15.4. The van der Waals surface area contributed by atoms with E-state index < -0.39 is 5.97 Å². The number of rotatable bonds is 4. The summed E-state index contributed by atoms with van der Waals surface area (Å²) in [4.78, 5) is 37.7. The number of hydrogen-bond acceptors (Lipinski definition) is 4. The van der Waals surface area contributed by atoms with Crippen molar-refractivity contribution in [2.24, 2.45) is 5.92 Å². The maximum absolute atomic E-state index is 11.9. The summed E-state index contributed by atoms with van der Waals surface area (Å²) in [6, 6.07) is 0. The first-order chi connectivity index (χ1) is 8.93. The Labute approximate surface area is 112 Å². The van der Waals surface area contributed by atoms with E-state index in [1.165, 1.54) is 0 Å². The third-order valence-electron chi connectivity index (χ3n) is 3.25. The minimum atomic E-state index is -0.983. The maximum atomic E-state index is 11.9. The van der Waals surface area contributed by atoms with E-state index in [4.69, 9.17) is 5.11 Å². The van der Waals surface area contributed by atoms with Crippen molar-refractivity contribution in [2.75, 3.05) is 40.3 Å². The van der Waals surface area contributed by atoms with Crippen LogP contribution < -0.4 is 5.32 Å². The third kappa shape index (κ3) is 4.86. The quantitative estimate of drug-likeness (QED) is 0.683. The van der Waals surface area contributed by atoms with Gasteiger partial charge in [0.2, 0.25) is 11.8 Å². The lowest BCUT2D eigenvalue weighted by atomic mass is 10.1. The normalized spacial score (nSPS) is 20.7. The van der Waals surface area contributed by atoms with Crippen molar-refractivity contribution in [3.05, 3.63) is 0 Å². The van der Waals surface area contributed by atoms with Crippen LogP contribution >= 0.6 is 0 Å². The van der Waals surface area contributed by atoms with Gasteiger partial charge in [0.05, 0.1) is 12.3 Å². The monoisotopic (exact) mass is 271 g/mol. The molecule has 0 aromatic heterocycles. The third-order valence-corrected chi connectivity index (χ3v) is 3.25. The lowest BCUT2D eigenvalue weighted by Crippen LogP contribution is -2.41. The van der Waals surface area contributed by atoms with Crippen LogP contribution in [0.5, 0.6) is 0 Å². The van der Waals surface area contributed by atoms with Gasteiger partial charge < -0.3 is 20.2 Å². The number of carboxylic acids is 1. The van der Waals surface area contributed by atoms with Crippen molar-refractivity contribution in [3.63, 3.8) is 0 Å². The van der Waals surface area contributed by atoms with E-state index in [1.54, 1.807) is 11.9 Å². The fourth-order valence-electron chi connectivity index (χ4n) is 2.14. The summed E-state index contributed by atoms with van der Waals surface area (Å²) in [6.07, 6.45) is -0.185. The Balaban J connectivity index is 2.64. The minimum Gasteiger partial charge on any atom is -0.481 e. The van der Waals surface area contributed by atoms with E-state index in [9.17, 15) is 14.4 Å². The smallest absolute Gasteiger partial charge is 0.303 e. The average Bonchev–Trinajstić information content (AvgIpc) is 2.57. The Kier molecular flexibility index (Phi) is 5.75. The zero-order chi connectivity index (χ0) is 14.4. The van der Waals surface area contributed by atoms with Crippen LogP contribution in [-0.2, 0) is 14.4 Å². The van der Waals surface area contributed by atoms with Gasteiger partial charge in [0, 0.05) is 39.6 Å². The molecule has 0 spiro atoms. The molecular formula is C12H21N3O4. The molecule has 1 fully saturated rings. The van der Waals surface area contributed by atoms with E-state index >= 15 is 0 Å². The molecule has 0 radical (unpaired) electrons. The Hall–Kier alpha value is -1.63. The molecule has 108 valence electrons. The van der Waals surface area contributed by atoms with Crippen LogP contribution in [0.25, 0.3) is 0 Å². The second-order valence-electron chi connectivity index (χ2n) is 4.81. The average molecular weight is 271 g/mol. The second-order valence-corrected chi connectivity index (χ2v) is 4.81. The number of aliphatic carboxylic acids is 1. The van der Waals surface area contributed by atoms with Crippen LogP contribution in [0.1, 0.15) is 12.8 Å². The molecule has 1 heterocycles. The summed E-state index contributed by atoms with van der Waals surface area (Å²) in [7, 11) is 3.48. The molecule has 1 rings (SSSR count). The highest BCUT2D eigenvalue weighted by Crippen LogP contribution is 2.10. The van der Waals surface area contributed by atoms with E-state index in [2.05, 4.69) is 5.32 Å². The van der Waals surface area contributed by atoms with Crippen molar-refractivity contribution in [3.8, 4) is 0 Å². The fraction of sp³-hybridized carbons (Fsp3) is 0.750. The highest BCUT2D eigenvalue weighted by atomic mass is 16.4. The van der Waals surface area contributed by atoms with Crippen molar-refractivity contribution >= 4 is 17.8 Å². The highest BCUT2D eigenvalue weighted by molar-refractivity contribution is 5.82. The number of nitrogens with one attached hydrogen (secondary N) is 1. The lowest BCUT2D eigenvalue weighted by molar-refractivity contribution is -0.141. The van der Waals surface area contributed by atoms with Gasteiger partial charge in [-0.15, -0.1) is 0 Å². The zero-order valence-electron chi connectivity index (χ0n) is 11.4. The Bertz CT molecular complexity index is 359. The molecule has 0 aliphatic carbocycles. The second kappa shape index (κ2) is 7.08. The minimum absolute atomic E-state index is 0.0144. The molecule has 0 saturated carbocycles.